The van der Waals surface area contributed by atoms with Gasteiger partial charge in [-0.15, -0.1) is 0 Å². The van der Waals surface area contributed by atoms with Crippen molar-refractivity contribution in [1.82, 2.24) is 4.98 Å². The van der Waals surface area contributed by atoms with Gasteiger partial charge in [-0.05, 0) is 42.7 Å². The molecule has 0 bridgehead atoms. The molecule has 0 aliphatic rings. The van der Waals surface area contributed by atoms with E-state index in [1.54, 1.807) is 13.3 Å². The number of benzene rings is 1. The summed E-state index contributed by atoms with van der Waals surface area (Å²) in [6, 6.07) is 11.8. The minimum absolute atomic E-state index is 0.0584. The minimum Gasteiger partial charge on any atom is -0.497 e. The van der Waals surface area contributed by atoms with E-state index in [1.807, 2.05) is 24.3 Å². The molecule has 0 aliphatic heterocycles. The van der Waals surface area contributed by atoms with Crippen molar-refractivity contribution < 1.29 is 9.53 Å². The first-order chi connectivity index (χ1) is 12.7. The highest BCUT2D eigenvalue weighted by Gasteiger charge is 2.03. The number of nitrogens with zero attached hydrogens (tertiary/aromatic N) is 1. The van der Waals surface area contributed by atoms with Crippen molar-refractivity contribution in [3.8, 4) is 5.75 Å². The Kier molecular flexibility index (Phi) is 8.46. The molecule has 0 saturated carbocycles. The Bertz CT molecular complexity index is 654. The predicted octanol–water partition coefficient (Wildman–Crippen LogP) is 4.65. The summed E-state index contributed by atoms with van der Waals surface area (Å²) in [5.74, 6) is 1.73. The van der Waals surface area contributed by atoms with Gasteiger partial charge in [-0.2, -0.15) is 0 Å². The second-order valence-electron chi connectivity index (χ2n) is 6.32. The van der Waals surface area contributed by atoms with Crippen molar-refractivity contribution >= 4 is 17.4 Å². The van der Waals surface area contributed by atoms with Gasteiger partial charge in [-0.25, -0.2) is 4.98 Å². The van der Waals surface area contributed by atoms with Crippen LogP contribution in [0.3, 0.4) is 0 Å². The van der Waals surface area contributed by atoms with Crippen molar-refractivity contribution in [3.05, 3.63) is 48.2 Å². The van der Waals surface area contributed by atoms with Crippen molar-refractivity contribution in [2.24, 2.45) is 0 Å². The third-order valence-electron chi connectivity index (χ3n) is 4.18. The molecule has 26 heavy (non-hydrogen) atoms. The highest BCUT2D eigenvalue weighted by Crippen LogP contribution is 2.13. The van der Waals surface area contributed by atoms with Gasteiger partial charge in [0.1, 0.15) is 11.6 Å². The first-order valence-electron chi connectivity index (χ1n) is 9.34. The lowest BCUT2D eigenvalue weighted by Crippen LogP contribution is -2.12. The van der Waals surface area contributed by atoms with Gasteiger partial charge in [-0.3, -0.25) is 4.79 Å². The lowest BCUT2D eigenvalue weighted by Gasteiger charge is -2.08. The number of carbonyl (C=O) groups is 1. The molecule has 0 radical (unpaired) electrons. The highest BCUT2D eigenvalue weighted by atomic mass is 16.5. The smallest absolute Gasteiger partial charge is 0.224 e. The van der Waals surface area contributed by atoms with E-state index in [0.717, 1.165) is 43.1 Å². The number of rotatable bonds is 11. The number of hydrogen-bond acceptors (Lipinski definition) is 4. The lowest BCUT2D eigenvalue weighted by atomic mass is 10.1. The molecule has 5 heteroatoms. The van der Waals surface area contributed by atoms with Gasteiger partial charge < -0.3 is 15.4 Å². The molecule has 0 aliphatic carbocycles. The highest BCUT2D eigenvalue weighted by molar-refractivity contribution is 5.90. The van der Waals surface area contributed by atoms with Gasteiger partial charge in [0.15, 0.2) is 0 Å². The second kappa shape index (κ2) is 11.1. The van der Waals surface area contributed by atoms with E-state index in [2.05, 4.69) is 34.7 Å². The van der Waals surface area contributed by atoms with E-state index < -0.39 is 0 Å². The summed E-state index contributed by atoms with van der Waals surface area (Å²) in [6.07, 6.45) is 7.59. The Balaban J connectivity index is 1.70. The van der Waals surface area contributed by atoms with Crippen LogP contribution in [0.25, 0.3) is 0 Å². The third-order valence-corrected chi connectivity index (χ3v) is 4.18. The van der Waals surface area contributed by atoms with Crippen molar-refractivity contribution in [3.63, 3.8) is 0 Å². The lowest BCUT2D eigenvalue weighted by molar-refractivity contribution is -0.116. The summed E-state index contributed by atoms with van der Waals surface area (Å²) in [5.41, 5.74) is 1.98. The zero-order valence-electron chi connectivity index (χ0n) is 15.8. The van der Waals surface area contributed by atoms with Crippen LogP contribution in [0.15, 0.2) is 42.6 Å². The monoisotopic (exact) mass is 355 g/mol. The number of anilines is 2. The number of hydrogen-bond donors (Lipinski definition) is 2. The minimum atomic E-state index is 0.0584. The van der Waals surface area contributed by atoms with Crippen LogP contribution < -0.4 is 15.4 Å². The van der Waals surface area contributed by atoms with Crippen LogP contribution in [0.1, 0.15) is 44.6 Å². The number of pyridine rings is 1. The topological polar surface area (TPSA) is 63.2 Å². The quantitative estimate of drug-likeness (QED) is 0.576. The van der Waals surface area contributed by atoms with Crippen molar-refractivity contribution in [2.45, 2.75) is 45.4 Å². The van der Waals surface area contributed by atoms with Gasteiger partial charge in [-0.1, -0.05) is 38.3 Å². The SMILES string of the molecule is CCCCCCC(=O)Nc1ccc(NCCc2ccc(OC)cc2)nc1. The molecule has 0 unspecified atom stereocenters. The first kappa shape index (κ1) is 19.8. The number of methoxy groups -OCH3 is 1. The molecule has 0 fully saturated rings. The van der Waals surface area contributed by atoms with Crippen LogP contribution in [0.4, 0.5) is 11.5 Å². The van der Waals surface area contributed by atoms with Crippen LogP contribution in [0.2, 0.25) is 0 Å². The number of aromatic nitrogens is 1. The van der Waals surface area contributed by atoms with Crippen LogP contribution >= 0.6 is 0 Å². The summed E-state index contributed by atoms with van der Waals surface area (Å²) in [6.45, 7) is 2.96. The average Bonchev–Trinajstić information content (AvgIpc) is 2.67. The maximum Gasteiger partial charge on any atom is 0.224 e. The normalized spacial score (nSPS) is 10.4. The molecular formula is C21H29N3O2. The summed E-state index contributed by atoms with van der Waals surface area (Å²) < 4.78 is 5.16. The Morgan fingerprint density at radius 3 is 2.54 bits per heavy atom. The fourth-order valence-corrected chi connectivity index (χ4v) is 2.64. The van der Waals surface area contributed by atoms with Gasteiger partial charge in [0, 0.05) is 13.0 Å². The summed E-state index contributed by atoms with van der Waals surface area (Å²) in [4.78, 5) is 16.2. The molecule has 1 heterocycles. The van der Waals surface area contributed by atoms with E-state index in [0.29, 0.717) is 6.42 Å². The largest absolute Gasteiger partial charge is 0.497 e. The number of carbonyl (C=O) groups excluding carboxylic acids is 1. The van der Waals surface area contributed by atoms with E-state index in [9.17, 15) is 4.79 Å². The van der Waals surface area contributed by atoms with E-state index >= 15 is 0 Å². The maximum absolute atomic E-state index is 11.9. The number of amides is 1. The molecule has 140 valence electrons. The zero-order chi connectivity index (χ0) is 18.6. The predicted molar refractivity (Wildman–Crippen MR) is 107 cm³/mol. The first-order valence-corrected chi connectivity index (χ1v) is 9.34. The number of unbranched alkanes of at least 4 members (excludes halogenated alkanes) is 3. The van der Waals surface area contributed by atoms with E-state index in [1.165, 1.54) is 18.4 Å². The zero-order valence-corrected chi connectivity index (χ0v) is 15.8. The molecule has 2 N–H and O–H groups in total. The van der Waals surface area contributed by atoms with Crippen LogP contribution in [0, 0.1) is 0 Å². The van der Waals surface area contributed by atoms with Gasteiger partial charge >= 0.3 is 0 Å². The van der Waals surface area contributed by atoms with Gasteiger partial charge in [0.2, 0.25) is 5.91 Å². The summed E-state index contributed by atoms with van der Waals surface area (Å²) in [7, 11) is 1.67. The Hall–Kier alpha value is -2.56. The number of nitrogens with one attached hydrogen (secondary N) is 2. The molecule has 2 aromatic rings. The molecule has 5 nitrogen and oxygen atoms in total. The fourth-order valence-electron chi connectivity index (χ4n) is 2.64. The van der Waals surface area contributed by atoms with Crippen LogP contribution in [-0.4, -0.2) is 24.5 Å². The molecule has 0 saturated heterocycles. The second-order valence-corrected chi connectivity index (χ2v) is 6.32. The Labute approximate surface area is 156 Å². The molecule has 1 aromatic carbocycles. The van der Waals surface area contributed by atoms with Crippen LogP contribution in [-0.2, 0) is 11.2 Å². The molecule has 1 aromatic heterocycles. The van der Waals surface area contributed by atoms with E-state index in [4.69, 9.17) is 4.74 Å². The van der Waals surface area contributed by atoms with Gasteiger partial charge in [0.05, 0.1) is 19.0 Å². The molecule has 2 rings (SSSR count). The maximum atomic E-state index is 11.9. The van der Waals surface area contributed by atoms with E-state index in [-0.39, 0.29) is 5.91 Å². The molecule has 0 spiro atoms. The average molecular weight is 355 g/mol. The molecular weight excluding hydrogens is 326 g/mol. The Morgan fingerprint density at radius 1 is 1.08 bits per heavy atom. The third kappa shape index (κ3) is 7.13. The van der Waals surface area contributed by atoms with Crippen LogP contribution in [0.5, 0.6) is 5.75 Å². The fraction of sp³-hybridized carbons (Fsp3) is 0.429. The van der Waals surface area contributed by atoms with Gasteiger partial charge in [0.25, 0.3) is 0 Å². The number of ether oxygens (including phenoxy) is 1. The van der Waals surface area contributed by atoms with Crippen molar-refractivity contribution in [2.75, 3.05) is 24.3 Å². The summed E-state index contributed by atoms with van der Waals surface area (Å²) in [5, 5.41) is 6.19. The molecule has 1 amide bonds. The standard InChI is InChI=1S/C21H29N3O2/c1-3-4-5-6-7-21(25)24-18-10-13-20(23-16-18)22-15-14-17-8-11-19(26-2)12-9-17/h8-13,16H,3-7,14-15H2,1-2H3,(H,22,23)(H,24,25). The van der Waals surface area contributed by atoms with Crippen molar-refractivity contribution in [1.29, 1.82) is 0 Å². The summed E-state index contributed by atoms with van der Waals surface area (Å²) >= 11 is 0. The molecule has 0 atom stereocenters. The Morgan fingerprint density at radius 2 is 1.88 bits per heavy atom.